The Balaban J connectivity index is 5.30. The molecule has 16 heteroatoms. The number of hydrogen-bond acceptors (Lipinski definition) is 10. The van der Waals surface area contributed by atoms with E-state index in [2.05, 4.69) is 51.8 Å². The molecule has 0 aromatic heterocycles. The molecule has 0 bridgehead atoms. The minimum Gasteiger partial charge on any atom is -0.374 e. The highest BCUT2D eigenvalue weighted by molar-refractivity contribution is 9.29. The van der Waals surface area contributed by atoms with Gasteiger partial charge in [0.05, 0.1) is 8.64 Å². The first kappa shape index (κ1) is 42.0. The number of hydrogen-bond donors (Lipinski definition) is 2. The predicted molar refractivity (Wildman–Crippen MR) is 196 cm³/mol. The van der Waals surface area contributed by atoms with Gasteiger partial charge in [0.15, 0.2) is 0 Å². The van der Waals surface area contributed by atoms with Crippen LogP contribution < -0.4 is 0 Å². The van der Waals surface area contributed by atoms with Crippen molar-refractivity contribution in [1.82, 2.24) is 9.80 Å². The van der Waals surface area contributed by atoms with Crippen LogP contribution in [0.15, 0.2) is 0 Å². The first-order valence-corrected chi connectivity index (χ1v) is 24.6. The maximum atomic E-state index is 6.13. The van der Waals surface area contributed by atoms with Crippen LogP contribution in [0.1, 0.15) is 55.4 Å². The molecule has 0 saturated carbocycles. The van der Waals surface area contributed by atoms with E-state index < -0.39 is 17.6 Å². The summed E-state index contributed by atoms with van der Waals surface area (Å²) in [7, 11) is 10.3. The van der Waals surface area contributed by atoms with Crippen LogP contribution in [0.5, 0.6) is 0 Å². The SMILES string of the molecule is CCO[Si](OCC)(OCC)C(C)C[SH]=C(SSSSC(=[SH]CC(C)[Si](OCC)(OCC)OCC)N(C)C)N(C)C. The molecular weight excluding hydrogens is 661 g/mol. The average molecular weight is 717 g/mol. The molecule has 40 heavy (non-hydrogen) atoms. The normalized spacial score (nSPS) is 15.8. The molecule has 242 valence electrons. The molecule has 2 unspecified atom stereocenters. The Bertz CT molecular complexity index is 635. The molecule has 0 aliphatic carbocycles. The monoisotopic (exact) mass is 716 g/mol. The summed E-state index contributed by atoms with van der Waals surface area (Å²) in [5.74, 6) is 1.86. The molecule has 0 rings (SSSR count). The maximum Gasteiger partial charge on any atom is 0.504 e. The lowest BCUT2D eigenvalue weighted by Gasteiger charge is -2.33. The van der Waals surface area contributed by atoms with Crippen LogP contribution in [0.3, 0.4) is 0 Å². The summed E-state index contributed by atoms with van der Waals surface area (Å²) >= 11 is 2.50. The van der Waals surface area contributed by atoms with Crippen molar-refractivity contribution in [2.24, 2.45) is 0 Å². The van der Waals surface area contributed by atoms with Gasteiger partial charge >= 0.3 is 17.6 Å². The third kappa shape index (κ3) is 15.3. The highest BCUT2D eigenvalue weighted by Gasteiger charge is 2.47. The van der Waals surface area contributed by atoms with Crippen molar-refractivity contribution in [1.29, 1.82) is 0 Å². The van der Waals surface area contributed by atoms with Crippen LogP contribution in [-0.4, -0.2) is 115 Å². The van der Waals surface area contributed by atoms with Gasteiger partial charge in [0, 0.05) is 50.7 Å². The van der Waals surface area contributed by atoms with Gasteiger partial charge in [-0.05, 0) is 122 Å². The topological polar surface area (TPSA) is 61.9 Å². The van der Waals surface area contributed by atoms with Crippen LogP contribution in [0.2, 0.25) is 11.1 Å². The molecule has 0 radical (unpaired) electrons. The second-order valence-electron chi connectivity index (χ2n) is 8.95. The van der Waals surface area contributed by atoms with Crippen molar-refractivity contribution < 1.29 is 26.6 Å². The van der Waals surface area contributed by atoms with Crippen molar-refractivity contribution in [3.8, 4) is 0 Å². The van der Waals surface area contributed by atoms with E-state index in [1.165, 1.54) is 31.3 Å². The Morgan fingerprint density at radius 1 is 0.550 bits per heavy atom. The Morgan fingerprint density at radius 2 is 0.800 bits per heavy atom. The highest BCUT2D eigenvalue weighted by Crippen LogP contribution is 2.46. The van der Waals surface area contributed by atoms with Crippen LogP contribution in [0, 0.1) is 0 Å². The lowest BCUT2D eigenvalue weighted by Crippen LogP contribution is -2.50. The first-order chi connectivity index (χ1) is 19.0. The van der Waals surface area contributed by atoms with Crippen molar-refractivity contribution in [2.75, 3.05) is 79.3 Å². The third-order valence-corrected chi connectivity index (χ3v) is 23.8. The molecule has 0 heterocycles. The standard InChI is InChI=1S/C24H56N2O6S6Si2/c1-13-27-39(28-14-2,29-15-3)21(7)19-33-23(25(9)10)35-37-38-36-24(26(11)12)34-20-22(8)40(30-16-4,31-17-5)32-18-6/h21-22,33-34H,13-20H2,1-12H3. The van der Waals surface area contributed by atoms with E-state index >= 15 is 0 Å². The van der Waals surface area contributed by atoms with E-state index in [-0.39, 0.29) is 11.1 Å². The van der Waals surface area contributed by atoms with Gasteiger partial charge in [-0.3, -0.25) is 9.80 Å². The van der Waals surface area contributed by atoms with Crippen molar-refractivity contribution in [2.45, 2.75) is 66.5 Å². The fourth-order valence-corrected chi connectivity index (χ4v) is 20.4. The molecule has 0 saturated heterocycles. The van der Waals surface area contributed by atoms with Crippen LogP contribution in [0.25, 0.3) is 0 Å². The summed E-state index contributed by atoms with van der Waals surface area (Å²) in [5.41, 5.74) is 0.429. The molecule has 0 aliphatic heterocycles. The van der Waals surface area contributed by atoms with Crippen LogP contribution in [-0.2, 0) is 26.6 Å². The molecule has 0 aromatic rings. The molecule has 0 aliphatic rings. The predicted octanol–water partition coefficient (Wildman–Crippen LogP) is 6.77. The number of thiol groups is 2. The first-order valence-electron chi connectivity index (χ1n) is 14.0. The summed E-state index contributed by atoms with van der Waals surface area (Å²) in [4.78, 5) is 4.41. The zero-order valence-corrected chi connectivity index (χ0v) is 33.7. The van der Waals surface area contributed by atoms with Crippen molar-refractivity contribution >= 4 is 90.2 Å². The summed E-state index contributed by atoms with van der Waals surface area (Å²) in [6, 6.07) is 0. The molecule has 0 spiro atoms. The Kier molecular flexibility index (Phi) is 25.4. The summed E-state index contributed by atoms with van der Waals surface area (Å²) < 4.78 is 39.4. The lowest BCUT2D eigenvalue weighted by atomic mass is 10.6. The molecule has 8 nitrogen and oxygen atoms in total. The Hall–Kier alpha value is 1.95. The molecule has 0 amide bonds. The summed E-state index contributed by atoms with van der Waals surface area (Å²) in [6.45, 7) is 20.1. The highest BCUT2D eigenvalue weighted by atomic mass is 33.7. The van der Waals surface area contributed by atoms with Gasteiger partial charge in [-0.15, -0.1) is 0 Å². The third-order valence-electron chi connectivity index (χ3n) is 5.29. The van der Waals surface area contributed by atoms with Gasteiger partial charge < -0.3 is 26.6 Å². The van der Waals surface area contributed by atoms with E-state index in [0.717, 1.165) is 11.5 Å². The van der Waals surface area contributed by atoms with E-state index in [9.17, 15) is 0 Å². The summed E-state index contributed by atoms with van der Waals surface area (Å²) in [5, 5.41) is 0. The number of rotatable bonds is 21. The molecular formula is C24H56N2O6S6Si2. The van der Waals surface area contributed by atoms with Crippen molar-refractivity contribution in [3.05, 3.63) is 0 Å². The van der Waals surface area contributed by atoms with E-state index in [1.807, 2.05) is 63.1 Å². The fourth-order valence-electron chi connectivity index (χ4n) is 3.54. The van der Waals surface area contributed by atoms with E-state index in [4.69, 9.17) is 26.6 Å². The average Bonchev–Trinajstić information content (AvgIpc) is 2.89. The smallest absolute Gasteiger partial charge is 0.374 e. The number of nitrogens with zero attached hydrogens (tertiary/aromatic N) is 2. The zero-order valence-electron chi connectivity index (χ0n) is 26.7. The van der Waals surface area contributed by atoms with Gasteiger partial charge in [0.25, 0.3) is 0 Å². The van der Waals surface area contributed by atoms with Gasteiger partial charge in [0.2, 0.25) is 0 Å². The second kappa shape index (κ2) is 24.2. The summed E-state index contributed by atoms with van der Waals surface area (Å²) in [6.07, 6.45) is 0. The van der Waals surface area contributed by atoms with Gasteiger partial charge in [0.1, 0.15) is 0 Å². The van der Waals surface area contributed by atoms with Crippen molar-refractivity contribution in [3.63, 3.8) is 0 Å². The molecule has 0 N–H and O–H groups in total. The molecule has 0 fully saturated rings. The van der Waals surface area contributed by atoms with Crippen LogP contribution >= 0.6 is 63.9 Å². The molecule has 2 atom stereocenters. The Labute approximate surface area is 270 Å². The fraction of sp³-hybridized carbons (Fsp3) is 0.917. The van der Waals surface area contributed by atoms with E-state index in [1.54, 1.807) is 19.7 Å². The quantitative estimate of drug-likeness (QED) is 0.0434. The minimum atomic E-state index is -2.71. The maximum absolute atomic E-state index is 6.13. The Morgan fingerprint density at radius 3 is 1.00 bits per heavy atom. The van der Waals surface area contributed by atoms with Gasteiger partial charge in [-0.1, -0.05) is 13.8 Å². The lowest BCUT2D eigenvalue weighted by molar-refractivity contribution is 0.0639. The van der Waals surface area contributed by atoms with Gasteiger partial charge in [-0.2, -0.15) is 22.7 Å². The largest absolute Gasteiger partial charge is 0.504 e. The zero-order chi connectivity index (χ0) is 30.6. The second-order valence-corrected chi connectivity index (χ2v) is 23.5. The van der Waals surface area contributed by atoms with Crippen LogP contribution in [0.4, 0.5) is 0 Å². The minimum absolute atomic E-state index is 0.215. The van der Waals surface area contributed by atoms with Gasteiger partial charge in [-0.25, -0.2) is 0 Å². The van der Waals surface area contributed by atoms with E-state index in [0.29, 0.717) is 39.6 Å². The molecule has 0 aromatic carbocycles.